The summed E-state index contributed by atoms with van der Waals surface area (Å²) in [5, 5.41) is 0. The lowest BCUT2D eigenvalue weighted by Gasteiger charge is -2.12. The molecule has 1 aromatic carbocycles. The van der Waals surface area contributed by atoms with Crippen molar-refractivity contribution in [3.05, 3.63) is 35.6 Å². The largest absolute Gasteiger partial charge is 0.333 e. The van der Waals surface area contributed by atoms with Gasteiger partial charge in [0.15, 0.2) is 5.78 Å². The number of imide groups is 2. The molecule has 0 bridgehead atoms. The molecule has 1 aliphatic rings. The second-order valence-corrected chi connectivity index (χ2v) is 4.64. The molecule has 0 aliphatic carbocycles. The maximum absolute atomic E-state index is 12.7. The second kappa shape index (κ2) is 5.82. The number of likely N-dealkylation sites (N-methyl/N-ethyl adjacent to an activating group) is 1. The summed E-state index contributed by atoms with van der Waals surface area (Å²) in [6.45, 7) is 0.000676. The summed E-state index contributed by atoms with van der Waals surface area (Å²) < 4.78 is 12.7. The molecular formula is C14H13FN2O4. The van der Waals surface area contributed by atoms with E-state index in [9.17, 15) is 23.6 Å². The van der Waals surface area contributed by atoms with Gasteiger partial charge in [-0.1, -0.05) is 0 Å². The maximum atomic E-state index is 12.7. The Kier molecular flexibility index (Phi) is 4.11. The second-order valence-electron chi connectivity index (χ2n) is 4.64. The normalized spacial score (nSPS) is 15.0. The lowest BCUT2D eigenvalue weighted by Crippen LogP contribution is -2.32. The molecule has 4 amide bonds. The van der Waals surface area contributed by atoms with Crippen molar-refractivity contribution in [3.8, 4) is 0 Å². The third-order valence-electron chi connectivity index (χ3n) is 3.20. The zero-order valence-electron chi connectivity index (χ0n) is 11.3. The van der Waals surface area contributed by atoms with Gasteiger partial charge in [-0.2, -0.15) is 0 Å². The SMILES string of the molecule is CN1C(=O)C(=O)N(CCCC(=O)c2ccc(F)cc2)C1=O. The quantitative estimate of drug-likeness (QED) is 0.464. The van der Waals surface area contributed by atoms with E-state index in [-0.39, 0.29) is 25.2 Å². The number of ketones is 1. The van der Waals surface area contributed by atoms with Crippen LogP contribution in [-0.4, -0.2) is 47.0 Å². The van der Waals surface area contributed by atoms with Crippen LogP contribution in [0.3, 0.4) is 0 Å². The minimum Gasteiger partial charge on any atom is -0.294 e. The molecule has 6 nitrogen and oxygen atoms in total. The van der Waals surface area contributed by atoms with Gasteiger partial charge in [-0.25, -0.2) is 9.18 Å². The van der Waals surface area contributed by atoms with E-state index in [4.69, 9.17) is 0 Å². The molecule has 110 valence electrons. The molecule has 0 aromatic heterocycles. The third-order valence-corrected chi connectivity index (χ3v) is 3.20. The van der Waals surface area contributed by atoms with Crippen LogP contribution in [0.25, 0.3) is 0 Å². The van der Waals surface area contributed by atoms with Crippen LogP contribution in [0.2, 0.25) is 0 Å². The molecule has 0 radical (unpaired) electrons. The smallest absolute Gasteiger partial charge is 0.294 e. The number of benzene rings is 1. The van der Waals surface area contributed by atoms with E-state index in [1.165, 1.54) is 31.3 Å². The first-order chi connectivity index (χ1) is 9.91. The zero-order valence-corrected chi connectivity index (χ0v) is 11.3. The highest BCUT2D eigenvalue weighted by Gasteiger charge is 2.41. The highest BCUT2D eigenvalue weighted by Crippen LogP contribution is 2.12. The first-order valence-electron chi connectivity index (χ1n) is 6.34. The molecule has 2 rings (SSSR count). The Morgan fingerprint density at radius 2 is 1.71 bits per heavy atom. The van der Waals surface area contributed by atoms with E-state index in [0.29, 0.717) is 5.56 Å². The van der Waals surface area contributed by atoms with Gasteiger partial charge in [0.1, 0.15) is 5.82 Å². The average Bonchev–Trinajstić information content (AvgIpc) is 2.65. The lowest BCUT2D eigenvalue weighted by atomic mass is 10.1. The first kappa shape index (κ1) is 14.8. The van der Waals surface area contributed by atoms with Gasteiger partial charge in [0.05, 0.1) is 0 Å². The number of nitrogens with zero attached hydrogens (tertiary/aromatic N) is 2. The monoisotopic (exact) mass is 292 g/mol. The Morgan fingerprint density at radius 1 is 1.10 bits per heavy atom. The van der Waals surface area contributed by atoms with Gasteiger partial charge >= 0.3 is 17.8 Å². The lowest BCUT2D eigenvalue weighted by molar-refractivity contribution is -0.142. The summed E-state index contributed by atoms with van der Waals surface area (Å²) in [6.07, 6.45) is 0.343. The predicted molar refractivity (Wildman–Crippen MR) is 69.8 cm³/mol. The van der Waals surface area contributed by atoms with Crippen molar-refractivity contribution in [2.24, 2.45) is 0 Å². The number of halogens is 1. The molecule has 21 heavy (non-hydrogen) atoms. The van der Waals surface area contributed by atoms with Gasteiger partial charge < -0.3 is 0 Å². The Balaban J connectivity index is 1.89. The van der Waals surface area contributed by atoms with Crippen LogP contribution in [0.5, 0.6) is 0 Å². The van der Waals surface area contributed by atoms with Crippen molar-refractivity contribution in [1.82, 2.24) is 9.80 Å². The molecule has 0 saturated carbocycles. The summed E-state index contributed by atoms with van der Waals surface area (Å²) >= 11 is 0. The summed E-state index contributed by atoms with van der Waals surface area (Å²) in [7, 11) is 1.23. The number of amides is 4. The fourth-order valence-electron chi connectivity index (χ4n) is 1.99. The minimum atomic E-state index is -0.878. The summed E-state index contributed by atoms with van der Waals surface area (Å²) in [5.74, 6) is -2.39. The number of rotatable bonds is 5. The molecule has 1 heterocycles. The predicted octanol–water partition coefficient (Wildman–Crippen LogP) is 1.21. The highest BCUT2D eigenvalue weighted by molar-refractivity contribution is 6.44. The molecule has 0 N–H and O–H groups in total. The van der Waals surface area contributed by atoms with E-state index in [1.807, 2.05) is 0 Å². The van der Waals surface area contributed by atoms with E-state index in [1.54, 1.807) is 0 Å². The van der Waals surface area contributed by atoms with Gasteiger partial charge in [-0.05, 0) is 30.7 Å². The minimum absolute atomic E-state index is 0.000676. The van der Waals surface area contributed by atoms with E-state index < -0.39 is 23.7 Å². The van der Waals surface area contributed by atoms with Crippen molar-refractivity contribution >= 4 is 23.6 Å². The van der Waals surface area contributed by atoms with Crippen molar-refractivity contribution in [3.63, 3.8) is 0 Å². The molecule has 0 atom stereocenters. The van der Waals surface area contributed by atoms with Crippen LogP contribution in [0.4, 0.5) is 9.18 Å². The van der Waals surface area contributed by atoms with Gasteiger partial charge in [0, 0.05) is 25.6 Å². The molecular weight excluding hydrogens is 279 g/mol. The van der Waals surface area contributed by atoms with Gasteiger partial charge in [-0.15, -0.1) is 0 Å². The summed E-state index contributed by atoms with van der Waals surface area (Å²) in [6, 6.07) is 4.45. The van der Waals surface area contributed by atoms with E-state index in [0.717, 1.165) is 9.80 Å². The van der Waals surface area contributed by atoms with Crippen molar-refractivity contribution in [2.45, 2.75) is 12.8 Å². The van der Waals surface area contributed by atoms with Crippen LogP contribution in [0, 0.1) is 5.82 Å². The maximum Gasteiger partial charge on any atom is 0.333 e. The molecule has 1 aliphatic heterocycles. The Hall–Kier alpha value is -2.57. The van der Waals surface area contributed by atoms with E-state index >= 15 is 0 Å². The summed E-state index contributed by atoms with van der Waals surface area (Å²) in [5.41, 5.74) is 0.365. The van der Waals surface area contributed by atoms with E-state index in [2.05, 4.69) is 0 Å². The molecule has 0 spiro atoms. The van der Waals surface area contributed by atoms with Crippen molar-refractivity contribution < 1.29 is 23.6 Å². The molecule has 0 unspecified atom stereocenters. The van der Waals surface area contributed by atoms with Gasteiger partial charge in [0.2, 0.25) is 0 Å². The molecule has 7 heteroatoms. The van der Waals surface area contributed by atoms with Crippen molar-refractivity contribution in [2.75, 3.05) is 13.6 Å². The number of urea groups is 1. The van der Waals surface area contributed by atoms with Crippen LogP contribution in [0.15, 0.2) is 24.3 Å². The number of hydrogen-bond acceptors (Lipinski definition) is 4. The highest BCUT2D eigenvalue weighted by atomic mass is 19.1. The van der Waals surface area contributed by atoms with Crippen LogP contribution in [0.1, 0.15) is 23.2 Å². The number of carbonyl (C=O) groups is 4. The standard InChI is InChI=1S/C14H13FN2O4/c1-16-12(19)13(20)17(14(16)21)8-2-3-11(18)9-4-6-10(15)7-5-9/h4-7H,2-3,8H2,1H3. The van der Waals surface area contributed by atoms with Crippen LogP contribution < -0.4 is 0 Å². The Bertz CT molecular complexity index is 612. The van der Waals surface area contributed by atoms with Gasteiger partial charge in [0.25, 0.3) is 0 Å². The molecule has 1 aromatic rings. The first-order valence-corrected chi connectivity index (χ1v) is 6.34. The fourth-order valence-corrected chi connectivity index (χ4v) is 1.99. The van der Waals surface area contributed by atoms with Crippen molar-refractivity contribution in [1.29, 1.82) is 0 Å². The summed E-state index contributed by atoms with van der Waals surface area (Å²) in [4.78, 5) is 47.8. The fraction of sp³-hybridized carbons (Fsp3) is 0.286. The third kappa shape index (κ3) is 2.96. The van der Waals surface area contributed by atoms with Crippen LogP contribution >= 0.6 is 0 Å². The topological polar surface area (TPSA) is 74.8 Å². The molecule has 1 saturated heterocycles. The molecule has 1 fully saturated rings. The average molecular weight is 292 g/mol. The van der Waals surface area contributed by atoms with Crippen LogP contribution in [-0.2, 0) is 9.59 Å². The zero-order chi connectivity index (χ0) is 15.6. The Labute approximate surface area is 120 Å². The number of carbonyl (C=O) groups excluding carboxylic acids is 4. The number of hydrogen-bond donors (Lipinski definition) is 0. The Morgan fingerprint density at radius 3 is 2.24 bits per heavy atom. The number of Topliss-reactive ketones (excluding diaryl/α,β-unsaturated/α-hetero) is 1. The van der Waals surface area contributed by atoms with Gasteiger partial charge in [-0.3, -0.25) is 24.2 Å².